The summed E-state index contributed by atoms with van der Waals surface area (Å²) in [6.07, 6.45) is -0.860. The molecule has 0 radical (unpaired) electrons. The fourth-order valence-corrected chi connectivity index (χ4v) is 0.856. The van der Waals surface area contributed by atoms with Gasteiger partial charge in [0.2, 0.25) is 5.91 Å². The number of carbonyl (C=O) groups is 2. The van der Waals surface area contributed by atoms with Gasteiger partial charge in [-0.05, 0) is 13.3 Å². The van der Waals surface area contributed by atoms with Gasteiger partial charge in [-0.15, -0.1) is 0 Å². The lowest BCUT2D eigenvalue weighted by Crippen LogP contribution is -2.42. The van der Waals surface area contributed by atoms with Crippen LogP contribution in [0.3, 0.4) is 0 Å². The maximum absolute atomic E-state index is 10.5. The molecule has 0 bridgehead atoms. The van der Waals surface area contributed by atoms with Crippen LogP contribution in [0.15, 0.2) is 0 Å². The standard InChI is InChI=1S/C7H14N2O4/c1-4(10)9-5(7(12)13)2-3-6(8)11/h4-5,9-10H,2-3H2,1H3,(H2,8,11)(H,12,13)/t4?,5-/m0/s1. The molecule has 0 aliphatic rings. The molecule has 0 spiro atoms. The molecule has 0 rings (SSSR count). The van der Waals surface area contributed by atoms with Gasteiger partial charge in [0.25, 0.3) is 0 Å². The van der Waals surface area contributed by atoms with Gasteiger partial charge < -0.3 is 15.9 Å². The van der Waals surface area contributed by atoms with E-state index in [2.05, 4.69) is 5.32 Å². The van der Waals surface area contributed by atoms with Crippen molar-refractivity contribution >= 4 is 11.9 Å². The van der Waals surface area contributed by atoms with Gasteiger partial charge in [0.1, 0.15) is 12.3 Å². The van der Waals surface area contributed by atoms with Crippen LogP contribution in [0.25, 0.3) is 0 Å². The van der Waals surface area contributed by atoms with Crippen molar-refractivity contribution in [1.82, 2.24) is 5.32 Å². The molecular formula is C7H14N2O4. The molecule has 1 amide bonds. The first-order chi connectivity index (χ1) is 5.93. The SMILES string of the molecule is CC(O)N[C@@H](CCC(N)=O)C(=O)O. The molecular weight excluding hydrogens is 176 g/mol. The average Bonchev–Trinajstić information content (AvgIpc) is 1.96. The van der Waals surface area contributed by atoms with Crippen LogP contribution in [-0.4, -0.2) is 34.4 Å². The minimum absolute atomic E-state index is 0.0172. The van der Waals surface area contributed by atoms with Gasteiger partial charge in [0, 0.05) is 6.42 Å². The van der Waals surface area contributed by atoms with Crippen LogP contribution >= 0.6 is 0 Å². The highest BCUT2D eigenvalue weighted by Gasteiger charge is 2.18. The Labute approximate surface area is 75.7 Å². The quantitative estimate of drug-likeness (QED) is 0.386. The van der Waals surface area contributed by atoms with E-state index in [0.717, 1.165) is 0 Å². The number of carboxylic acids is 1. The summed E-state index contributed by atoms with van der Waals surface area (Å²) >= 11 is 0. The maximum atomic E-state index is 10.5. The molecule has 0 aromatic heterocycles. The van der Waals surface area contributed by atoms with E-state index in [1.165, 1.54) is 6.92 Å². The third kappa shape index (κ3) is 6.06. The number of rotatable bonds is 6. The van der Waals surface area contributed by atoms with E-state index < -0.39 is 24.1 Å². The van der Waals surface area contributed by atoms with E-state index in [1.807, 2.05) is 0 Å². The number of aliphatic hydroxyl groups excluding tert-OH is 1. The van der Waals surface area contributed by atoms with Crippen LogP contribution in [0.1, 0.15) is 19.8 Å². The molecule has 13 heavy (non-hydrogen) atoms. The number of amides is 1. The average molecular weight is 190 g/mol. The molecule has 6 heteroatoms. The van der Waals surface area contributed by atoms with E-state index in [4.69, 9.17) is 15.9 Å². The number of primary amides is 1. The van der Waals surface area contributed by atoms with Crippen molar-refractivity contribution in [2.45, 2.75) is 32.0 Å². The number of aliphatic hydroxyl groups is 1. The predicted octanol–water partition coefficient (Wildman–Crippen LogP) is -1.37. The number of hydrogen-bond donors (Lipinski definition) is 4. The molecule has 0 fully saturated rings. The summed E-state index contributed by atoms with van der Waals surface area (Å²) in [5, 5.41) is 19.8. The predicted molar refractivity (Wildman–Crippen MR) is 44.7 cm³/mol. The third-order valence-electron chi connectivity index (χ3n) is 1.42. The number of nitrogens with one attached hydrogen (secondary N) is 1. The number of aliphatic carboxylic acids is 1. The molecule has 5 N–H and O–H groups in total. The van der Waals surface area contributed by atoms with Gasteiger partial charge in [-0.2, -0.15) is 0 Å². The van der Waals surface area contributed by atoms with Gasteiger partial charge in [0.15, 0.2) is 0 Å². The minimum Gasteiger partial charge on any atom is -0.480 e. The lowest BCUT2D eigenvalue weighted by molar-refractivity contribution is -0.140. The van der Waals surface area contributed by atoms with E-state index in [1.54, 1.807) is 0 Å². The number of hydrogen-bond acceptors (Lipinski definition) is 4. The van der Waals surface area contributed by atoms with Gasteiger partial charge in [-0.1, -0.05) is 0 Å². The van der Waals surface area contributed by atoms with Crippen molar-refractivity contribution in [1.29, 1.82) is 0 Å². The van der Waals surface area contributed by atoms with Crippen molar-refractivity contribution in [3.63, 3.8) is 0 Å². The van der Waals surface area contributed by atoms with E-state index in [9.17, 15) is 9.59 Å². The maximum Gasteiger partial charge on any atom is 0.320 e. The third-order valence-corrected chi connectivity index (χ3v) is 1.42. The summed E-state index contributed by atoms with van der Waals surface area (Å²) < 4.78 is 0. The fraction of sp³-hybridized carbons (Fsp3) is 0.714. The Morgan fingerprint density at radius 3 is 2.38 bits per heavy atom. The smallest absolute Gasteiger partial charge is 0.320 e. The first-order valence-corrected chi connectivity index (χ1v) is 3.88. The van der Waals surface area contributed by atoms with Crippen molar-refractivity contribution in [3.05, 3.63) is 0 Å². The van der Waals surface area contributed by atoms with Gasteiger partial charge >= 0.3 is 5.97 Å². The van der Waals surface area contributed by atoms with E-state index in [0.29, 0.717) is 0 Å². The zero-order valence-corrected chi connectivity index (χ0v) is 7.36. The topological polar surface area (TPSA) is 113 Å². The minimum atomic E-state index is -1.11. The molecule has 0 aliphatic heterocycles. The Morgan fingerprint density at radius 1 is 1.54 bits per heavy atom. The molecule has 0 saturated carbocycles. The van der Waals surface area contributed by atoms with Crippen LogP contribution in [0, 0.1) is 0 Å². The summed E-state index contributed by atoms with van der Waals surface area (Å²) in [6, 6.07) is -0.938. The molecule has 0 aliphatic carbocycles. The van der Waals surface area contributed by atoms with Crippen LogP contribution in [0.5, 0.6) is 0 Å². The number of carboxylic acid groups (broad SMARTS) is 1. The first kappa shape index (κ1) is 11.9. The normalized spacial score (nSPS) is 14.9. The molecule has 76 valence electrons. The van der Waals surface area contributed by atoms with Crippen molar-refractivity contribution in [2.24, 2.45) is 5.73 Å². The Hall–Kier alpha value is -1.14. The summed E-state index contributed by atoms with van der Waals surface area (Å²) in [5.41, 5.74) is 4.85. The van der Waals surface area contributed by atoms with E-state index >= 15 is 0 Å². The Balaban J connectivity index is 3.95. The molecule has 1 unspecified atom stereocenters. The zero-order valence-electron chi connectivity index (χ0n) is 7.36. The van der Waals surface area contributed by atoms with Crippen LogP contribution in [0.4, 0.5) is 0 Å². The second-order valence-electron chi connectivity index (χ2n) is 2.74. The summed E-state index contributed by atoms with van der Waals surface area (Å²) in [6.45, 7) is 1.40. The number of carbonyl (C=O) groups excluding carboxylic acids is 1. The highest BCUT2D eigenvalue weighted by Crippen LogP contribution is 1.97. The first-order valence-electron chi connectivity index (χ1n) is 3.88. The highest BCUT2D eigenvalue weighted by molar-refractivity contribution is 5.77. The monoisotopic (exact) mass is 190 g/mol. The van der Waals surface area contributed by atoms with Crippen LogP contribution < -0.4 is 11.1 Å². The lowest BCUT2D eigenvalue weighted by Gasteiger charge is -2.15. The highest BCUT2D eigenvalue weighted by atomic mass is 16.4. The number of nitrogens with two attached hydrogens (primary N) is 1. The van der Waals surface area contributed by atoms with E-state index in [-0.39, 0.29) is 12.8 Å². The molecule has 2 atom stereocenters. The zero-order chi connectivity index (χ0) is 10.4. The molecule has 0 aromatic rings. The van der Waals surface area contributed by atoms with Gasteiger partial charge in [-0.3, -0.25) is 14.9 Å². The molecule has 6 nitrogen and oxygen atoms in total. The van der Waals surface area contributed by atoms with Gasteiger partial charge in [-0.25, -0.2) is 0 Å². The summed E-state index contributed by atoms with van der Waals surface area (Å²) in [7, 11) is 0. The summed E-state index contributed by atoms with van der Waals surface area (Å²) in [4.78, 5) is 20.9. The van der Waals surface area contributed by atoms with Crippen LogP contribution in [-0.2, 0) is 9.59 Å². The largest absolute Gasteiger partial charge is 0.480 e. The molecule has 0 aromatic carbocycles. The molecule has 0 heterocycles. The second kappa shape index (κ2) is 5.50. The Morgan fingerprint density at radius 2 is 2.08 bits per heavy atom. The van der Waals surface area contributed by atoms with Crippen LogP contribution in [0.2, 0.25) is 0 Å². The lowest BCUT2D eigenvalue weighted by atomic mass is 10.1. The van der Waals surface area contributed by atoms with Gasteiger partial charge in [0.05, 0.1) is 0 Å². The summed E-state index contributed by atoms with van der Waals surface area (Å²) in [5.74, 6) is -1.67. The van der Waals surface area contributed by atoms with Crippen molar-refractivity contribution in [2.75, 3.05) is 0 Å². The Bertz CT molecular complexity index is 193. The second-order valence-corrected chi connectivity index (χ2v) is 2.74. The van der Waals surface area contributed by atoms with Crippen molar-refractivity contribution in [3.8, 4) is 0 Å². The molecule has 0 saturated heterocycles. The Kier molecular flexibility index (Phi) is 5.01. The van der Waals surface area contributed by atoms with Crippen molar-refractivity contribution < 1.29 is 19.8 Å². The fourth-order valence-electron chi connectivity index (χ4n) is 0.856.